The summed E-state index contributed by atoms with van der Waals surface area (Å²) in [5, 5.41) is 6.29. The lowest BCUT2D eigenvalue weighted by atomic mass is 10.1. The number of nitrogens with one attached hydrogen (secondary N) is 2. The minimum absolute atomic E-state index is 0.664. The second-order valence-corrected chi connectivity index (χ2v) is 4.44. The molecular formula is C12H22N4. The molecule has 1 aromatic heterocycles. The fourth-order valence-corrected chi connectivity index (χ4v) is 1.46. The minimum atomic E-state index is 0.664. The van der Waals surface area contributed by atoms with Crippen LogP contribution in [0.2, 0.25) is 0 Å². The van der Waals surface area contributed by atoms with Crippen molar-refractivity contribution in [3.8, 4) is 0 Å². The van der Waals surface area contributed by atoms with Gasteiger partial charge in [-0.15, -0.1) is 0 Å². The fraction of sp³-hybridized carbons (Fsp3) is 0.667. The van der Waals surface area contributed by atoms with Crippen LogP contribution in [0.5, 0.6) is 0 Å². The molecule has 0 spiro atoms. The predicted octanol–water partition coefficient (Wildman–Crippen LogP) is 2.67. The first kappa shape index (κ1) is 12.7. The zero-order chi connectivity index (χ0) is 12.0. The first-order valence-corrected chi connectivity index (χ1v) is 5.88. The molecule has 0 fully saturated rings. The van der Waals surface area contributed by atoms with Crippen molar-refractivity contribution in [2.75, 3.05) is 24.2 Å². The van der Waals surface area contributed by atoms with Crippen molar-refractivity contribution in [1.82, 2.24) is 9.97 Å². The van der Waals surface area contributed by atoms with Gasteiger partial charge in [0.05, 0.1) is 0 Å². The van der Waals surface area contributed by atoms with Gasteiger partial charge in [0.25, 0.3) is 0 Å². The van der Waals surface area contributed by atoms with Gasteiger partial charge in [-0.3, -0.25) is 0 Å². The van der Waals surface area contributed by atoms with Gasteiger partial charge in [-0.05, 0) is 25.7 Å². The summed E-state index contributed by atoms with van der Waals surface area (Å²) < 4.78 is 0. The Morgan fingerprint density at radius 1 is 1.38 bits per heavy atom. The van der Waals surface area contributed by atoms with E-state index < -0.39 is 0 Å². The lowest BCUT2D eigenvalue weighted by molar-refractivity contribution is 0.566. The van der Waals surface area contributed by atoms with Crippen molar-refractivity contribution in [2.45, 2.75) is 33.6 Å². The van der Waals surface area contributed by atoms with Crippen LogP contribution in [0.15, 0.2) is 6.20 Å². The molecule has 1 aromatic rings. The molecule has 90 valence electrons. The van der Waals surface area contributed by atoms with Crippen LogP contribution in [0.3, 0.4) is 0 Å². The van der Waals surface area contributed by atoms with Gasteiger partial charge >= 0.3 is 0 Å². The Bertz CT molecular complexity index is 323. The normalized spacial score (nSPS) is 10.6. The molecule has 1 rings (SSSR count). The molecule has 0 aliphatic rings. The van der Waals surface area contributed by atoms with Crippen LogP contribution >= 0.6 is 0 Å². The van der Waals surface area contributed by atoms with Crippen LogP contribution in [0.1, 0.15) is 32.3 Å². The third-order valence-corrected chi connectivity index (χ3v) is 2.45. The van der Waals surface area contributed by atoms with Gasteiger partial charge in [0.15, 0.2) is 0 Å². The van der Waals surface area contributed by atoms with Crippen molar-refractivity contribution in [1.29, 1.82) is 0 Å². The van der Waals surface area contributed by atoms with Crippen LogP contribution in [0, 0.1) is 12.8 Å². The molecule has 1 heterocycles. The van der Waals surface area contributed by atoms with E-state index in [1.807, 2.05) is 20.2 Å². The molecule has 0 saturated carbocycles. The van der Waals surface area contributed by atoms with Gasteiger partial charge in [-0.25, -0.2) is 4.98 Å². The summed E-state index contributed by atoms with van der Waals surface area (Å²) in [6.07, 6.45) is 4.26. The molecule has 0 bridgehead atoms. The lowest BCUT2D eigenvalue weighted by Gasteiger charge is -2.10. The molecule has 4 heteroatoms. The molecule has 0 radical (unpaired) electrons. The zero-order valence-corrected chi connectivity index (χ0v) is 10.7. The number of rotatable bonds is 6. The van der Waals surface area contributed by atoms with Crippen molar-refractivity contribution in [2.24, 2.45) is 5.92 Å². The Labute approximate surface area is 97.9 Å². The number of aryl methyl sites for hydroxylation is 1. The molecule has 0 aliphatic heterocycles. The monoisotopic (exact) mass is 222 g/mol. The van der Waals surface area contributed by atoms with E-state index in [9.17, 15) is 0 Å². The smallest absolute Gasteiger partial charge is 0.224 e. The molecule has 4 nitrogen and oxygen atoms in total. The Kier molecular flexibility index (Phi) is 5.02. The highest BCUT2D eigenvalue weighted by molar-refractivity contribution is 5.46. The molecule has 0 aliphatic carbocycles. The average molecular weight is 222 g/mol. The third-order valence-electron chi connectivity index (χ3n) is 2.45. The van der Waals surface area contributed by atoms with Crippen LogP contribution in [-0.4, -0.2) is 23.6 Å². The Morgan fingerprint density at radius 3 is 2.75 bits per heavy atom. The molecule has 0 atom stereocenters. The van der Waals surface area contributed by atoms with E-state index in [1.54, 1.807) is 0 Å². The minimum Gasteiger partial charge on any atom is -0.370 e. The fourth-order valence-electron chi connectivity index (χ4n) is 1.46. The first-order valence-electron chi connectivity index (χ1n) is 5.88. The van der Waals surface area contributed by atoms with Crippen molar-refractivity contribution >= 4 is 11.8 Å². The Morgan fingerprint density at radius 2 is 2.12 bits per heavy atom. The van der Waals surface area contributed by atoms with E-state index in [2.05, 4.69) is 34.4 Å². The topological polar surface area (TPSA) is 49.8 Å². The zero-order valence-electron chi connectivity index (χ0n) is 10.7. The summed E-state index contributed by atoms with van der Waals surface area (Å²) in [6, 6.07) is 0. The van der Waals surface area contributed by atoms with E-state index >= 15 is 0 Å². The van der Waals surface area contributed by atoms with Gasteiger partial charge in [-0.1, -0.05) is 13.8 Å². The van der Waals surface area contributed by atoms with Gasteiger partial charge in [0.1, 0.15) is 5.82 Å². The maximum Gasteiger partial charge on any atom is 0.224 e. The largest absolute Gasteiger partial charge is 0.370 e. The maximum atomic E-state index is 4.37. The first-order chi connectivity index (χ1) is 7.63. The Balaban J connectivity index is 2.46. The van der Waals surface area contributed by atoms with Crippen LogP contribution in [0.4, 0.5) is 11.8 Å². The highest BCUT2D eigenvalue weighted by Gasteiger charge is 2.02. The predicted molar refractivity (Wildman–Crippen MR) is 68.9 cm³/mol. The van der Waals surface area contributed by atoms with E-state index in [0.717, 1.165) is 23.8 Å². The molecular weight excluding hydrogens is 200 g/mol. The third kappa shape index (κ3) is 4.04. The van der Waals surface area contributed by atoms with Crippen LogP contribution < -0.4 is 10.6 Å². The average Bonchev–Trinajstić information content (AvgIpc) is 2.26. The van der Waals surface area contributed by atoms with Crippen molar-refractivity contribution in [3.63, 3.8) is 0 Å². The number of aromatic nitrogens is 2. The molecule has 0 unspecified atom stereocenters. The molecule has 0 aromatic carbocycles. The van der Waals surface area contributed by atoms with Gasteiger partial charge in [0.2, 0.25) is 5.95 Å². The van der Waals surface area contributed by atoms with E-state index in [0.29, 0.717) is 5.95 Å². The van der Waals surface area contributed by atoms with Gasteiger partial charge in [0, 0.05) is 25.4 Å². The summed E-state index contributed by atoms with van der Waals surface area (Å²) in [5.74, 6) is 2.36. The number of hydrogen-bond acceptors (Lipinski definition) is 4. The second-order valence-electron chi connectivity index (χ2n) is 4.44. The van der Waals surface area contributed by atoms with Gasteiger partial charge < -0.3 is 10.6 Å². The summed E-state index contributed by atoms with van der Waals surface area (Å²) in [7, 11) is 1.83. The molecule has 0 amide bonds. The highest BCUT2D eigenvalue weighted by atomic mass is 15.1. The van der Waals surface area contributed by atoms with Crippen LogP contribution in [0.25, 0.3) is 0 Å². The van der Waals surface area contributed by atoms with E-state index in [1.165, 1.54) is 12.8 Å². The molecule has 2 N–H and O–H groups in total. The standard InChI is InChI=1S/C12H22N4/c1-9(2)6-5-7-14-11-10(3)8-15-12(13-4)16-11/h8-9H,5-7H2,1-4H3,(H2,13,14,15,16). The second kappa shape index (κ2) is 6.30. The lowest BCUT2D eigenvalue weighted by Crippen LogP contribution is -2.08. The van der Waals surface area contributed by atoms with Gasteiger partial charge in [-0.2, -0.15) is 4.98 Å². The van der Waals surface area contributed by atoms with Crippen molar-refractivity contribution < 1.29 is 0 Å². The summed E-state index contributed by atoms with van der Waals surface area (Å²) >= 11 is 0. The van der Waals surface area contributed by atoms with E-state index in [4.69, 9.17) is 0 Å². The highest BCUT2D eigenvalue weighted by Crippen LogP contribution is 2.12. The van der Waals surface area contributed by atoms with E-state index in [-0.39, 0.29) is 0 Å². The summed E-state index contributed by atoms with van der Waals surface area (Å²) in [6.45, 7) is 7.48. The number of nitrogens with zero attached hydrogens (tertiary/aromatic N) is 2. The number of anilines is 2. The summed E-state index contributed by atoms with van der Waals surface area (Å²) in [4.78, 5) is 8.53. The number of hydrogen-bond donors (Lipinski definition) is 2. The molecule has 0 saturated heterocycles. The maximum absolute atomic E-state index is 4.37. The quantitative estimate of drug-likeness (QED) is 0.727. The van der Waals surface area contributed by atoms with Crippen molar-refractivity contribution in [3.05, 3.63) is 11.8 Å². The van der Waals surface area contributed by atoms with Crippen LogP contribution in [-0.2, 0) is 0 Å². The molecule has 16 heavy (non-hydrogen) atoms. The SMILES string of the molecule is CNc1ncc(C)c(NCCCC(C)C)n1. The Hall–Kier alpha value is -1.32. The summed E-state index contributed by atoms with van der Waals surface area (Å²) in [5.41, 5.74) is 1.09.